The van der Waals surface area contributed by atoms with Gasteiger partial charge in [-0.2, -0.15) is 0 Å². The van der Waals surface area contributed by atoms with E-state index in [1.807, 2.05) is 27.8 Å². The average Bonchev–Trinajstić information content (AvgIpc) is 2.35. The first-order valence-corrected chi connectivity index (χ1v) is 7.27. The van der Waals surface area contributed by atoms with Crippen molar-refractivity contribution in [3.63, 3.8) is 0 Å². The Labute approximate surface area is 111 Å². The maximum Gasteiger partial charge on any atom is 0.237 e. The summed E-state index contributed by atoms with van der Waals surface area (Å²) in [6.45, 7) is 8.15. The highest BCUT2D eigenvalue weighted by molar-refractivity contribution is 5.81. The summed E-state index contributed by atoms with van der Waals surface area (Å²) in [6, 6.07) is 0.772. The van der Waals surface area contributed by atoms with E-state index in [9.17, 15) is 4.79 Å². The second-order valence-corrected chi connectivity index (χ2v) is 5.62. The number of amides is 1. The van der Waals surface area contributed by atoms with Gasteiger partial charge in [-0.1, -0.05) is 6.42 Å². The molecule has 0 bridgehead atoms. The van der Waals surface area contributed by atoms with Crippen molar-refractivity contribution in [3.05, 3.63) is 0 Å². The summed E-state index contributed by atoms with van der Waals surface area (Å²) in [7, 11) is 1.99. The highest BCUT2D eigenvalue weighted by atomic mass is 16.2. The van der Waals surface area contributed by atoms with Gasteiger partial charge >= 0.3 is 0 Å². The average molecular weight is 255 g/mol. The van der Waals surface area contributed by atoms with Crippen molar-refractivity contribution in [3.8, 4) is 0 Å². The van der Waals surface area contributed by atoms with Gasteiger partial charge in [-0.05, 0) is 60.2 Å². The van der Waals surface area contributed by atoms with Gasteiger partial charge in [0.25, 0.3) is 0 Å². The van der Waals surface area contributed by atoms with Crippen molar-refractivity contribution >= 4 is 5.91 Å². The Hall–Kier alpha value is -0.610. The molecule has 0 radical (unpaired) electrons. The van der Waals surface area contributed by atoms with Crippen LogP contribution in [0.1, 0.15) is 46.5 Å². The van der Waals surface area contributed by atoms with Gasteiger partial charge in [-0.3, -0.25) is 9.69 Å². The molecule has 1 amide bonds. The van der Waals surface area contributed by atoms with Gasteiger partial charge in [0.15, 0.2) is 0 Å². The summed E-state index contributed by atoms with van der Waals surface area (Å²) < 4.78 is 0. The number of piperidine rings is 1. The zero-order valence-corrected chi connectivity index (χ0v) is 12.3. The first kappa shape index (κ1) is 15.4. The molecule has 1 rings (SSSR count). The van der Waals surface area contributed by atoms with Crippen LogP contribution < -0.4 is 10.6 Å². The second kappa shape index (κ2) is 7.74. The van der Waals surface area contributed by atoms with Crippen molar-refractivity contribution in [1.29, 1.82) is 0 Å². The van der Waals surface area contributed by atoms with Crippen LogP contribution >= 0.6 is 0 Å². The molecule has 0 aliphatic carbocycles. The minimum absolute atomic E-state index is 0.00504. The highest BCUT2D eigenvalue weighted by Crippen LogP contribution is 2.21. The van der Waals surface area contributed by atoms with E-state index in [0.717, 1.165) is 19.5 Å². The van der Waals surface area contributed by atoms with Crippen LogP contribution in [0.4, 0.5) is 0 Å². The molecule has 1 saturated heterocycles. The minimum Gasteiger partial charge on any atom is -0.353 e. The topological polar surface area (TPSA) is 44.4 Å². The molecule has 0 aromatic rings. The molecule has 0 saturated carbocycles. The van der Waals surface area contributed by atoms with E-state index < -0.39 is 0 Å². The van der Waals surface area contributed by atoms with E-state index in [2.05, 4.69) is 15.5 Å². The van der Waals surface area contributed by atoms with Crippen LogP contribution in [0.3, 0.4) is 0 Å². The zero-order chi connectivity index (χ0) is 13.5. The van der Waals surface area contributed by atoms with Crippen LogP contribution in [-0.2, 0) is 4.79 Å². The quantitative estimate of drug-likeness (QED) is 0.753. The first-order valence-electron chi connectivity index (χ1n) is 7.27. The number of carbonyl (C=O) groups excluding carboxylic acids is 1. The molecular weight excluding hydrogens is 226 g/mol. The largest absolute Gasteiger partial charge is 0.353 e. The van der Waals surface area contributed by atoms with Crippen LogP contribution in [0.5, 0.6) is 0 Å². The molecule has 2 atom stereocenters. The Morgan fingerprint density at radius 2 is 2.06 bits per heavy atom. The van der Waals surface area contributed by atoms with Gasteiger partial charge in [-0.25, -0.2) is 0 Å². The van der Waals surface area contributed by atoms with Gasteiger partial charge in [0.2, 0.25) is 5.91 Å². The normalized spacial score (nSPS) is 23.1. The summed E-state index contributed by atoms with van der Waals surface area (Å²) in [5.41, 5.74) is 0. The SMILES string of the molecule is CNCCC1CCCCN1C(C)C(=O)NC(C)C. The molecule has 1 aliphatic rings. The van der Waals surface area contributed by atoms with Crippen LogP contribution in [0.25, 0.3) is 0 Å². The van der Waals surface area contributed by atoms with Crippen LogP contribution in [0, 0.1) is 0 Å². The number of hydrogen-bond acceptors (Lipinski definition) is 3. The molecule has 2 unspecified atom stereocenters. The number of hydrogen-bond donors (Lipinski definition) is 2. The Morgan fingerprint density at radius 1 is 1.33 bits per heavy atom. The Bertz CT molecular complexity index is 255. The first-order chi connectivity index (χ1) is 8.56. The number of nitrogens with zero attached hydrogens (tertiary/aromatic N) is 1. The molecule has 1 fully saturated rings. The van der Waals surface area contributed by atoms with E-state index in [0.29, 0.717) is 6.04 Å². The Balaban J connectivity index is 2.55. The van der Waals surface area contributed by atoms with E-state index >= 15 is 0 Å². The monoisotopic (exact) mass is 255 g/mol. The van der Waals surface area contributed by atoms with Gasteiger partial charge in [-0.15, -0.1) is 0 Å². The van der Waals surface area contributed by atoms with Gasteiger partial charge in [0.1, 0.15) is 0 Å². The highest BCUT2D eigenvalue weighted by Gasteiger charge is 2.29. The summed E-state index contributed by atoms with van der Waals surface area (Å²) in [4.78, 5) is 14.5. The fourth-order valence-corrected chi connectivity index (χ4v) is 2.71. The fraction of sp³-hybridized carbons (Fsp3) is 0.929. The minimum atomic E-state index is -0.00504. The maximum absolute atomic E-state index is 12.1. The molecule has 18 heavy (non-hydrogen) atoms. The van der Waals surface area contributed by atoms with E-state index in [4.69, 9.17) is 0 Å². The van der Waals surface area contributed by atoms with Gasteiger partial charge in [0.05, 0.1) is 6.04 Å². The molecule has 1 aliphatic heterocycles. The number of likely N-dealkylation sites (tertiary alicyclic amines) is 1. The molecule has 0 aromatic heterocycles. The summed E-state index contributed by atoms with van der Waals surface area (Å²) >= 11 is 0. The van der Waals surface area contributed by atoms with Crippen LogP contribution in [0.15, 0.2) is 0 Å². The summed E-state index contributed by atoms with van der Waals surface area (Å²) in [5.74, 6) is 0.168. The Morgan fingerprint density at radius 3 is 2.67 bits per heavy atom. The van der Waals surface area contributed by atoms with Crippen molar-refractivity contribution < 1.29 is 4.79 Å². The number of carbonyl (C=O) groups is 1. The third-order valence-corrected chi connectivity index (χ3v) is 3.71. The predicted octanol–water partition coefficient (Wildman–Crippen LogP) is 1.36. The van der Waals surface area contributed by atoms with Gasteiger partial charge < -0.3 is 10.6 Å². The van der Waals surface area contributed by atoms with Crippen molar-refractivity contribution in [2.75, 3.05) is 20.1 Å². The molecule has 106 valence electrons. The molecular formula is C14H29N3O. The lowest BCUT2D eigenvalue weighted by Crippen LogP contribution is -2.53. The lowest BCUT2D eigenvalue weighted by Gasteiger charge is -2.39. The zero-order valence-electron chi connectivity index (χ0n) is 12.3. The summed E-state index contributed by atoms with van der Waals surface area (Å²) in [6.07, 6.45) is 4.87. The standard InChI is InChI=1S/C14H29N3O/c1-11(2)16-14(18)12(3)17-10-6-5-7-13(17)8-9-15-4/h11-13,15H,5-10H2,1-4H3,(H,16,18). The van der Waals surface area contributed by atoms with Gasteiger partial charge in [0, 0.05) is 12.1 Å². The molecule has 4 nitrogen and oxygen atoms in total. The van der Waals surface area contributed by atoms with Crippen LogP contribution in [0.2, 0.25) is 0 Å². The lowest BCUT2D eigenvalue weighted by atomic mass is 9.97. The third kappa shape index (κ3) is 4.58. The van der Waals surface area contributed by atoms with E-state index in [1.54, 1.807) is 0 Å². The van der Waals surface area contributed by atoms with Crippen molar-refractivity contribution in [1.82, 2.24) is 15.5 Å². The molecule has 2 N–H and O–H groups in total. The number of nitrogens with one attached hydrogen (secondary N) is 2. The van der Waals surface area contributed by atoms with E-state index in [-0.39, 0.29) is 18.0 Å². The molecule has 4 heteroatoms. The summed E-state index contributed by atoms with van der Waals surface area (Å²) in [5, 5.41) is 6.23. The molecule has 0 aromatic carbocycles. The Kier molecular flexibility index (Phi) is 6.65. The predicted molar refractivity (Wildman–Crippen MR) is 75.6 cm³/mol. The van der Waals surface area contributed by atoms with E-state index in [1.165, 1.54) is 19.3 Å². The number of rotatable bonds is 6. The molecule has 1 heterocycles. The second-order valence-electron chi connectivity index (χ2n) is 5.62. The fourth-order valence-electron chi connectivity index (χ4n) is 2.71. The molecule has 0 spiro atoms. The van der Waals surface area contributed by atoms with Crippen molar-refractivity contribution in [2.45, 2.75) is 64.6 Å². The van der Waals surface area contributed by atoms with Crippen LogP contribution in [-0.4, -0.2) is 49.1 Å². The van der Waals surface area contributed by atoms with Crippen molar-refractivity contribution in [2.24, 2.45) is 0 Å². The third-order valence-electron chi connectivity index (χ3n) is 3.71. The maximum atomic E-state index is 12.1. The smallest absolute Gasteiger partial charge is 0.237 e. The lowest BCUT2D eigenvalue weighted by molar-refractivity contribution is -0.127.